The van der Waals surface area contributed by atoms with Gasteiger partial charge in [-0.25, -0.2) is 0 Å². The van der Waals surface area contributed by atoms with Crippen molar-refractivity contribution in [2.75, 3.05) is 5.32 Å². The lowest BCUT2D eigenvalue weighted by Crippen LogP contribution is -2.13. The van der Waals surface area contributed by atoms with Crippen LogP contribution >= 0.6 is 0 Å². The number of carbonyl (C=O) groups excluding carboxylic acids is 1. The largest absolute Gasteiger partial charge is 0.505 e. The van der Waals surface area contributed by atoms with Crippen LogP contribution in [0.4, 0.5) is 5.69 Å². The van der Waals surface area contributed by atoms with Gasteiger partial charge in [-0.1, -0.05) is 58.0 Å². The van der Waals surface area contributed by atoms with E-state index in [1.54, 1.807) is 0 Å². The molecule has 1 amide bonds. The molecule has 3 N–H and O–H groups in total. The Hall–Kier alpha value is -3.21. The molecule has 29 heavy (non-hydrogen) atoms. The average Bonchev–Trinajstić information content (AvgIpc) is 2.96. The quantitative estimate of drug-likeness (QED) is 0.522. The highest BCUT2D eigenvalue weighted by atomic mass is 16.3. The maximum Gasteiger partial charge on any atom is 0.264 e. The Labute approximate surface area is 171 Å². The Morgan fingerprint density at radius 2 is 1.69 bits per heavy atom. The lowest BCUT2D eigenvalue weighted by Gasteiger charge is -2.14. The molecule has 2 aromatic carbocycles. The number of amides is 1. The molecule has 0 radical (unpaired) electrons. The Kier molecular flexibility index (Phi) is 5.69. The molecule has 0 bridgehead atoms. The van der Waals surface area contributed by atoms with Crippen molar-refractivity contribution >= 4 is 11.6 Å². The van der Waals surface area contributed by atoms with E-state index in [1.165, 1.54) is 10.8 Å². The molecule has 5 heteroatoms. The summed E-state index contributed by atoms with van der Waals surface area (Å²) in [5.41, 5.74) is 4.27. The maximum absolute atomic E-state index is 12.9. The van der Waals surface area contributed by atoms with E-state index in [0.717, 1.165) is 22.4 Å². The number of hydrogen-bond donors (Lipinski definition) is 3. The molecule has 3 rings (SSSR count). The first-order valence-electron chi connectivity index (χ1n) is 9.85. The Bertz CT molecular complexity index is 1050. The summed E-state index contributed by atoms with van der Waals surface area (Å²) in [6.45, 7) is 10.2. The second-order valence-electron chi connectivity index (χ2n) is 7.98. The van der Waals surface area contributed by atoms with Crippen molar-refractivity contribution in [1.29, 1.82) is 0 Å². The van der Waals surface area contributed by atoms with Crippen LogP contribution in [0.5, 0.6) is 11.6 Å². The molecule has 0 aliphatic rings. The molecule has 1 aromatic heterocycles. The molecule has 0 saturated carbocycles. The number of para-hydroxylation sites is 1. The van der Waals surface area contributed by atoms with Gasteiger partial charge in [0.15, 0.2) is 0 Å². The molecule has 0 saturated heterocycles. The van der Waals surface area contributed by atoms with Gasteiger partial charge in [0, 0.05) is 5.69 Å². The minimum atomic E-state index is -0.551. The number of hydrogen-bond acceptors (Lipinski definition) is 3. The fraction of sp³-hybridized carbons (Fsp3) is 0.292. The second kappa shape index (κ2) is 8.03. The van der Waals surface area contributed by atoms with E-state index >= 15 is 0 Å². The first kappa shape index (κ1) is 20.5. The number of anilines is 1. The van der Waals surface area contributed by atoms with E-state index in [1.807, 2.05) is 63.2 Å². The predicted octanol–water partition coefficient (Wildman–Crippen LogP) is 5.70. The average molecular weight is 392 g/mol. The fourth-order valence-electron chi connectivity index (χ4n) is 3.43. The zero-order chi connectivity index (χ0) is 21.3. The first-order chi connectivity index (χ1) is 13.7. The van der Waals surface area contributed by atoms with Crippen LogP contribution in [0.25, 0.3) is 5.69 Å². The second-order valence-corrected chi connectivity index (χ2v) is 7.98. The minimum Gasteiger partial charge on any atom is -0.505 e. The van der Waals surface area contributed by atoms with E-state index in [2.05, 4.69) is 19.2 Å². The Morgan fingerprint density at radius 1 is 1.00 bits per heavy atom. The lowest BCUT2D eigenvalue weighted by molar-refractivity contribution is 0.102. The van der Waals surface area contributed by atoms with E-state index < -0.39 is 5.91 Å². The molecule has 0 fully saturated rings. The van der Waals surface area contributed by atoms with Crippen LogP contribution in [0.15, 0.2) is 48.7 Å². The number of nitrogens with zero attached hydrogens (tertiary/aromatic N) is 1. The van der Waals surface area contributed by atoms with Gasteiger partial charge >= 0.3 is 0 Å². The Morgan fingerprint density at radius 3 is 2.34 bits per heavy atom. The third-order valence-corrected chi connectivity index (χ3v) is 5.18. The standard InChI is InChI=1S/C24H28N2O3/c1-14(2)17-11-10-16(5)20(12-17)26-13-21(27)22(24(26)29)23(28)25-19-9-7-6-8-18(19)15(3)4/h6-15,27,29H,1-5H3,(H,25,28). The molecule has 0 aliphatic carbocycles. The number of aromatic hydroxyl groups is 2. The smallest absolute Gasteiger partial charge is 0.264 e. The van der Waals surface area contributed by atoms with Crippen LogP contribution in [0.2, 0.25) is 0 Å². The number of benzene rings is 2. The van der Waals surface area contributed by atoms with Crippen molar-refractivity contribution in [3.63, 3.8) is 0 Å². The molecule has 3 aromatic rings. The SMILES string of the molecule is Cc1ccc(C(C)C)cc1-n1cc(O)c(C(=O)Nc2ccccc2C(C)C)c1O. The van der Waals surface area contributed by atoms with Crippen molar-refractivity contribution in [3.8, 4) is 17.3 Å². The van der Waals surface area contributed by atoms with Gasteiger partial charge in [0.25, 0.3) is 5.91 Å². The van der Waals surface area contributed by atoms with Gasteiger partial charge in [0.1, 0.15) is 11.3 Å². The fourth-order valence-corrected chi connectivity index (χ4v) is 3.43. The molecule has 152 valence electrons. The number of aryl methyl sites for hydroxylation is 1. The molecule has 0 unspecified atom stereocenters. The number of carbonyl (C=O) groups is 1. The van der Waals surface area contributed by atoms with Crippen molar-refractivity contribution in [3.05, 3.63) is 70.9 Å². The van der Waals surface area contributed by atoms with Crippen LogP contribution in [-0.4, -0.2) is 20.7 Å². The Balaban J connectivity index is 2.01. The van der Waals surface area contributed by atoms with Gasteiger partial charge in [0.2, 0.25) is 5.88 Å². The van der Waals surface area contributed by atoms with Gasteiger partial charge in [-0.15, -0.1) is 0 Å². The number of aromatic nitrogens is 1. The van der Waals surface area contributed by atoms with Crippen LogP contribution < -0.4 is 5.32 Å². The summed E-state index contributed by atoms with van der Waals surface area (Å²) in [6.07, 6.45) is 1.38. The first-order valence-corrected chi connectivity index (χ1v) is 9.85. The summed E-state index contributed by atoms with van der Waals surface area (Å²) < 4.78 is 1.46. The van der Waals surface area contributed by atoms with E-state index in [-0.39, 0.29) is 23.1 Å². The zero-order valence-electron chi connectivity index (χ0n) is 17.5. The monoisotopic (exact) mass is 392 g/mol. The van der Waals surface area contributed by atoms with Crippen molar-refractivity contribution in [2.45, 2.75) is 46.5 Å². The maximum atomic E-state index is 12.9. The van der Waals surface area contributed by atoms with E-state index in [0.29, 0.717) is 11.6 Å². The van der Waals surface area contributed by atoms with Gasteiger partial charge in [-0.3, -0.25) is 9.36 Å². The minimum absolute atomic E-state index is 0.141. The van der Waals surface area contributed by atoms with Crippen LogP contribution in [-0.2, 0) is 0 Å². The third kappa shape index (κ3) is 3.99. The van der Waals surface area contributed by atoms with Gasteiger partial charge < -0.3 is 15.5 Å². The van der Waals surface area contributed by atoms with Crippen molar-refractivity contribution < 1.29 is 15.0 Å². The summed E-state index contributed by atoms with van der Waals surface area (Å²) in [4.78, 5) is 12.9. The molecule has 5 nitrogen and oxygen atoms in total. The van der Waals surface area contributed by atoms with Crippen LogP contribution in [0.3, 0.4) is 0 Å². The van der Waals surface area contributed by atoms with E-state index in [9.17, 15) is 15.0 Å². The van der Waals surface area contributed by atoms with Crippen molar-refractivity contribution in [2.24, 2.45) is 0 Å². The topological polar surface area (TPSA) is 74.5 Å². The van der Waals surface area contributed by atoms with Gasteiger partial charge in [-0.2, -0.15) is 0 Å². The highest BCUT2D eigenvalue weighted by Crippen LogP contribution is 2.35. The summed E-state index contributed by atoms with van der Waals surface area (Å²) in [5.74, 6) is -0.567. The number of nitrogens with one attached hydrogen (secondary N) is 1. The highest BCUT2D eigenvalue weighted by molar-refractivity contribution is 6.08. The van der Waals surface area contributed by atoms with Gasteiger partial charge in [0.05, 0.1) is 11.9 Å². The number of rotatable bonds is 5. The molecular formula is C24H28N2O3. The molecule has 0 aliphatic heterocycles. The molecule has 0 spiro atoms. The molecule has 0 atom stereocenters. The summed E-state index contributed by atoms with van der Waals surface area (Å²) in [5, 5.41) is 24.0. The summed E-state index contributed by atoms with van der Waals surface area (Å²) >= 11 is 0. The van der Waals surface area contributed by atoms with E-state index in [4.69, 9.17) is 0 Å². The molecular weight excluding hydrogens is 364 g/mol. The van der Waals surface area contributed by atoms with Crippen LogP contribution in [0.1, 0.15) is 66.6 Å². The van der Waals surface area contributed by atoms with Gasteiger partial charge in [-0.05, 0) is 47.6 Å². The third-order valence-electron chi connectivity index (χ3n) is 5.18. The normalized spacial score (nSPS) is 11.3. The lowest BCUT2D eigenvalue weighted by atomic mass is 10.0. The summed E-state index contributed by atoms with van der Waals surface area (Å²) in [7, 11) is 0. The highest BCUT2D eigenvalue weighted by Gasteiger charge is 2.24. The zero-order valence-corrected chi connectivity index (χ0v) is 17.5. The van der Waals surface area contributed by atoms with Crippen LogP contribution in [0, 0.1) is 6.92 Å². The van der Waals surface area contributed by atoms with Crippen molar-refractivity contribution in [1.82, 2.24) is 4.57 Å². The summed E-state index contributed by atoms with van der Waals surface area (Å²) in [6, 6.07) is 13.5. The predicted molar refractivity (Wildman–Crippen MR) is 116 cm³/mol. The molecule has 1 heterocycles.